The van der Waals surface area contributed by atoms with Crippen molar-refractivity contribution in [1.29, 1.82) is 0 Å². The number of nitrogens with two attached hydrogens (primary N) is 1. The number of anilines is 1. The zero-order chi connectivity index (χ0) is 12.1. The third kappa shape index (κ3) is 2.47. The molecule has 3 N–H and O–H groups in total. The van der Waals surface area contributed by atoms with Gasteiger partial charge in [0.05, 0.1) is 5.56 Å². The number of aryl methyl sites for hydroxylation is 1. The molecule has 86 valence electrons. The highest BCUT2D eigenvalue weighted by Crippen LogP contribution is 2.17. The second-order valence-corrected chi connectivity index (χ2v) is 2.84. The number of aromatic amines is 1. The highest BCUT2D eigenvalue weighted by atomic mass is 16.4. The minimum atomic E-state index is -0.588. The maximum atomic E-state index is 10.7. The summed E-state index contributed by atoms with van der Waals surface area (Å²) in [6.45, 7) is 5.82. The number of pyridine rings is 1. The molecule has 2 aromatic heterocycles. The van der Waals surface area contributed by atoms with Crippen molar-refractivity contribution >= 4 is 5.82 Å². The van der Waals surface area contributed by atoms with Crippen LogP contribution in [0.3, 0.4) is 0 Å². The number of rotatable bonds is 1. The summed E-state index contributed by atoms with van der Waals surface area (Å²) in [6, 6.07) is 1.75. The molecule has 0 aliphatic rings. The van der Waals surface area contributed by atoms with E-state index in [1.807, 2.05) is 20.8 Å². The van der Waals surface area contributed by atoms with Gasteiger partial charge in [-0.2, -0.15) is 0 Å². The van der Waals surface area contributed by atoms with Gasteiger partial charge in [0.25, 0.3) is 5.89 Å². The van der Waals surface area contributed by atoms with Crippen molar-refractivity contribution in [2.45, 2.75) is 20.8 Å². The van der Waals surface area contributed by atoms with Gasteiger partial charge in [-0.05, 0) is 18.6 Å². The molecule has 0 unspecified atom stereocenters. The standard InChI is InChI=1S/C8H8N4O2.C2H6/c1-4-2-5(3-10-6(4)9)7-11-12-8(13)14-7;1-2/h2-3H,1H3,(H2,9,10)(H,12,13);1-2H3. The van der Waals surface area contributed by atoms with Gasteiger partial charge < -0.3 is 10.2 Å². The van der Waals surface area contributed by atoms with Crippen molar-refractivity contribution in [3.05, 3.63) is 28.4 Å². The van der Waals surface area contributed by atoms with E-state index in [2.05, 4.69) is 15.2 Å². The van der Waals surface area contributed by atoms with Gasteiger partial charge in [-0.3, -0.25) is 0 Å². The molecule has 2 heterocycles. The molecule has 0 bridgehead atoms. The van der Waals surface area contributed by atoms with Crippen LogP contribution in [0.4, 0.5) is 5.82 Å². The van der Waals surface area contributed by atoms with Crippen molar-refractivity contribution < 1.29 is 4.42 Å². The Kier molecular flexibility index (Phi) is 3.82. The van der Waals surface area contributed by atoms with Crippen LogP contribution in [0.1, 0.15) is 19.4 Å². The summed E-state index contributed by atoms with van der Waals surface area (Å²) in [5, 5.41) is 5.84. The summed E-state index contributed by atoms with van der Waals surface area (Å²) in [5.41, 5.74) is 6.97. The van der Waals surface area contributed by atoms with E-state index in [1.54, 1.807) is 6.07 Å². The molecule has 0 saturated heterocycles. The molecule has 6 nitrogen and oxygen atoms in total. The van der Waals surface area contributed by atoms with Crippen molar-refractivity contribution in [2.24, 2.45) is 0 Å². The molecule has 2 rings (SSSR count). The third-order valence-corrected chi connectivity index (χ3v) is 1.80. The van der Waals surface area contributed by atoms with Gasteiger partial charge in [0.15, 0.2) is 0 Å². The van der Waals surface area contributed by atoms with Crippen molar-refractivity contribution in [3.63, 3.8) is 0 Å². The summed E-state index contributed by atoms with van der Waals surface area (Å²) in [4.78, 5) is 14.6. The molecule has 0 aliphatic carbocycles. The van der Waals surface area contributed by atoms with Crippen LogP contribution in [0.15, 0.2) is 21.5 Å². The zero-order valence-corrected chi connectivity index (χ0v) is 9.44. The van der Waals surface area contributed by atoms with Crippen LogP contribution in [0.5, 0.6) is 0 Å². The number of hydrogen-bond acceptors (Lipinski definition) is 5. The lowest BCUT2D eigenvalue weighted by atomic mass is 10.2. The van der Waals surface area contributed by atoms with Gasteiger partial charge in [0.1, 0.15) is 5.82 Å². The molecule has 16 heavy (non-hydrogen) atoms. The van der Waals surface area contributed by atoms with E-state index >= 15 is 0 Å². The first kappa shape index (κ1) is 12.0. The van der Waals surface area contributed by atoms with Crippen molar-refractivity contribution in [3.8, 4) is 11.5 Å². The largest absolute Gasteiger partial charge is 0.434 e. The van der Waals surface area contributed by atoms with Crippen LogP contribution >= 0.6 is 0 Å². The van der Waals surface area contributed by atoms with Gasteiger partial charge in [-0.25, -0.2) is 14.9 Å². The highest BCUT2D eigenvalue weighted by Gasteiger charge is 2.06. The molecule has 0 radical (unpaired) electrons. The first-order valence-corrected chi connectivity index (χ1v) is 4.95. The number of hydrogen-bond donors (Lipinski definition) is 2. The predicted molar refractivity (Wildman–Crippen MR) is 60.9 cm³/mol. The van der Waals surface area contributed by atoms with Gasteiger partial charge in [-0.15, -0.1) is 5.10 Å². The van der Waals surface area contributed by atoms with Gasteiger partial charge >= 0.3 is 5.76 Å². The Bertz CT molecular complexity index is 516. The summed E-state index contributed by atoms with van der Waals surface area (Å²) >= 11 is 0. The fourth-order valence-corrected chi connectivity index (χ4v) is 1.06. The maximum Gasteiger partial charge on any atom is 0.434 e. The van der Waals surface area contributed by atoms with E-state index in [-0.39, 0.29) is 5.89 Å². The summed E-state index contributed by atoms with van der Waals surface area (Å²) in [5.74, 6) is 0.0757. The first-order valence-electron chi connectivity index (χ1n) is 4.95. The minimum Gasteiger partial charge on any atom is -0.388 e. The van der Waals surface area contributed by atoms with E-state index in [4.69, 9.17) is 10.2 Å². The molecule has 0 spiro atoms. The molecule has 6 heteroatoms. The van der Waals surface area contributed by atoms with E-state index in [0.29, 0.717) is 11.4 Å². The van der Waals surface area contributed by atoms with E-state index < -0.39 is 5.76 Å². The number of H-pyrrole nitrogens is 1. The van der Waals surface area contributed by atoms with Crippen LogP contribution < -0.4 is 11.5 Å². The fraction of sp³-hybridized carbons (Fsp3) is 0.300. The Morgan fingerprint density at radius 1 is 1.44 bits per heavy atom. The van der Waals surface area contributed by atoms with Crippen LogP contribution in [-0.4, -0.2) is 15.2 Å². The summed E-state index contributed by atoms with van der Waals surface area (Å²) < 4.78 is 4.76. The fourth-order valence-electron chi connectivity index (χ4n) is 1.06. The average Bonchev–Trinajstić information content (AvgIpc) is 2.72. The Morgan fingerprint density at radius 3 is 2.62 bits per heavy atom. The third-order valence-electron chi connectivity index (χ3n) is 1.80. The highest BCUT2D eigenvalue weighted by molar-refractivity contribution is 5.56. The Labute approximate surface area is 92.5 Å². The zero-order valence-electron chi connectivity index (χ0n) is 9.44. The summed E-state index contributed by atoms with van der Waals surface area (Å²) in [6.07, 6.45) is 1.50. The smallest absolute Gasteiger partial charge is 0.388 e. The molecular weight excluding hydrogens is 208 g/mol. The second-order valence-electron chi connectivity index (χ2n) is 2.84. The SMILES string of the molecule is CC.Cc1cc(-c2n[nH]c(=O)o2)cnc1N. The molecule has 0 fully saturated rings. The van der Waals surface area contributed by atoms with Crippen LogP contribution in [-0.2, 0) is 0 Å². The Balaban J connectivity index is 0.000000606. The normalized spacial score (nSPS) is 9.44. The van der Waals surface area contributed by atoms with Gasteiger partial charge in [-0.1, -0.05) is 13.8 Å². The van der Waals surface area contributed by atoms with Crippen LogP contribution in [0.25, 0.3) is 11.5 Å². The lowest BCUT2D eigenvalue weighted by Crippen LogP contribution is -1.94. The average molecular weight is 222 g/mol. The summed E-state index contributed by atoms with van der Waals surface area (Å²) in [7, 11) is 0. The minimum absolute atomic E-state index is 0.214. The van der Waals surface area contributed by atoms with Crippen LogP contribution in [0, 0.1) is 6.92 Å². The Hall–Kier alpha value is -2.11. The quantitative estimate of drug-likeness (QED) is 0.758. The number of nitrogens with zero attached hydrogens (tertiary/aromatic N) is 2. The van der Waals surface area contributed by atoms with Gasteiger partial charge in [0, 0.05) is 6.20 Å². The van der Waals surface area contributed by atoms with Crippen LogP contribution in [0.2, 0.25) is 0 Å². The molecule has 2 aromatic rings. The van der Waals surface area contributed by atoms with Crippen molar-refractivity contribution in [1.82, 2.24) is 15.2 Å². The van der Waals surface area contributed by atoms with Gasteiger partial charge in [0.2, 0.25) is 0 Å². The molecule has 0 amide bonds. The molecule has 0 aromatic carbocycles. The molecular formula is C10H14N4O2. The van der Waals surface area contributed by atoms with E-state index in [9.17, 15) is 4.79 Å². The number of aromatic nitrogens is 3. The molecule has 0 atom stereocenters. The molecule has 0 aliphatic heterocycles. The molecule has 0 saturated carbocycles. The van der Waals surface area contributed by atoms with Crippen molar-refractivity contribution in [2.75, 3.05) is 5.73 Å². The first-order chi connectivity index (χ1) is 7.66. The number of nitrogen functional groups attached to an aromatic ring is 1. The Morgan fingerprint density at radius 2 is 2.12 bits per heavy atom. The maximum absolute atomic E-state index is 10.7. The number of nitrogens with one attached hydrogen (secondary N) is 1. The topological polar surface area (TPSA) is 97.8 Å². The second kappa shape index (κ2) is 5.11. The lowest BCUT2D eigenvalue weighted by Gasteiger charge is -1.99. The lowest BCUT2D eigenvalue weighted by molar-refractivity contribution is 0.526. The monoisotopic (exact) mass is 222 g/mol. The predicted octanol–water partition coefficient (Wildman–Crippen LogP) is 1.34. The van der Waals surface area contributed by atoms with E-state index in [1.165, 1.54) is 6.20 Å². The van der Waals surface area contributed by atoms with E-state index in [0.717, 1.165) is 5.56 Å².